The molecule has 1 aromatic heterocycles. The molecule has 4 rings (SSSR count). The van der Waals surface area contributed by atoms with E-state index in [1.807, 2.05) is 56.3 Å². The summed E-state index contributed by atoms with van der Waals surface area (Å²) in [5.74, 6) is -0.843. The molecule has 2 heterocycles. The van der Waals surface area contributed by atoms with Gasteiger partial charge in [0, 0.05) is 41.8 Å². The van der Waals surface area contributed by atoms with Crippen LogP contribution in [0.3, 0.4) is 0 Å². The molecular formula is C25H27N3O3. The van der Waals surface area contributed by atoms with Crippen LogP contribution in [-0.2, 0) is 22.5 Å². The number of anilines is 1. The van der Waals surface area contributed by atoms with Crippen LogP contribution >= 0.6 is 0 Å². The van der Waals surface area contributed by atoms with E-state index in [4.69, 9.17) is 9.72 Å². The molecule has 0 bridgehead atoms. The van der Waals surface area contributed by atoms with Gasteiger partial charge in [-0.15, -0.1) is 0 Å². The molecule has 0 saturated heterocycles. The van der Waals surface area contributed by atoms with E-state index in [-0.39, 0.29) is 12.5 Å². The lowest BCUT2D eigenvalue weighted by Gasteiger charge is -2.28. The molecule has 0 fully saturated rings. The fraction of sp³-hybridized carbons (Fsp3) is 0.320. The second-order valence-electron chi connectivity index (χ2n) is 8.05. The highest BCUT2D eigenvalue weighted by Gasteiger charge is 2.26. The van der Waals surface area contributed by atoms with Gasteiger partial charge in [0.05, 0.1) is 11.1 Å². The lowest BCUT2D eigenvalue weighted by molar-refractivity contribution is -0.119. The van der Waals surface area contributed by atoms with Crippen LogP contribution in [0.1, 0.15) is 39.7 Å². The highest BCUT2D eigenvalue weighted by Crippen LogP contribution is 2.28. The van der Waals surface area contributed by atoms with Crippen LogP contribution in [0.25, 0.3) is 10.9 Å². The summed E-state index contributed by atoms with van der Waals surface area (Å²) in [7, 11) is 0. The van der Waals surface area contributed by atoms with Crippen molar-refractivity contribution in [2.75, 3.05) is 25.0 Å². The van der Waals surface area contributed by atoms with Crippen molar-refractivity contribution in [3.05, 3.63) is 70.4 Å². The second kappa shape index (κ2) is 8.86. The lowest BCUT2D eigenvalue weighted by atomic mass is 9.96. The zero-order valence-corrected chi connectivity index (χ0v) is 18.2. The van der Waals surface area contributed by atoms with Crippen LogP contribution in [0.5, 0.6) is 0 Å². The largest absolute Gasteiger partial charge is 0.452 e. The van der Waals surface area contributed by atoms with E-state index >= 15 is 0 Å². The molecule has 2 aromatic carbocycles. The highest BCUT2D eigenvalue weighted by molar-refractivity contribution is 6.06. The summed E-state index contributed by atoms with van der Waals surface area (Å²) in [6.07, 6.45) is 0.793. The summed E-state index contributed by atoms with van der Waals surface area (Å²) in [5.41, 5.74) is 5.96. The highest BCUT2D eigenvalue weighted by atomic mass is 16.5. The number of hydrogen-bond acceptors (Lipinski definition) is 5. The number of ether oxygens (including phenoxy) is 1. The SMILES string of the molecule is CCN1CCc2nc3ccccc3c(C(=O)OCC(=O)Nc3cc(C)cc(C)c3)c2C1. The first-order valence-electron chi connectivity index (χ1n) is 10.6. The molecule has 1 amide bonds. The van der Waals surface area contributed by atoms with Gasteiger partial charge in [-0.1, -0.05) is 31.2 Å². The third-order valence-corrected chi connectivity index (χ3v) is 5.62. The molecule has 31 heavy (non-hydrogen) atoms. The van der Waals surface area contributed by atoms with Crippen LogP contribution in [0.4, 0.5) is 5.69 Å². The average molecular weight is 418 g/mol. The second-order valence-corrected chi connectivity index (χ2v) is 8.05. The third kappa shape index (κ3) is 4.59. The molecule has 160 valence electrons. The number of nitrogens with one attached hydrogen (secondary N) is 1. The van der Waals surface area contributed by atoms with Gasteiger partial charge in [-0.3, -0.25) is 14.7 Å². The molecule has 1 aliphatic rings. The maximum atomic E-state index is 13.1. The van der Waals surface area contributed by atoms with E-state index in [2.05, 4.69) is 17.1 Å². The first-order chi connectivity index (χ1) is 14.9. The number of esters is 1. The minimum absolute atomic E-state index is 0.339. The maximum absolute atomic E-state index is 13.1. The number of amides is 1. The van der Waals surface area contributed by atoms with Gasteiger partial charge in [0.25, 0.3) is 5.91 Å². The normalized spacial score (nSPS) is 13.6. The Morgan fingerprint density at radius 2 is 1.87 bits per heavy atom. The molecule has 0 aliphatic carbocycles. The summed E-state index contributed by atoms with van der Waals surface area (Å²) in [4.78, 5) is 32.6. The predicted octanol–water partition coefficient (Wildman–Crippen LogP) is 4.03. The molecule has 1 N–H and O–H groups in total. The zero-order valence-electron chi connectivity index (χ0n) is 18.2. The Morgan fingerprint density at radius 1 is 1.13 bits per heavy atom. The Balaban J connectivity index is 1.56. The number of carbonyl (C=O) groups excluding carboxylic acids is 2. The van der Waals surface area contributed by atoms with Crippen LogP contribution in [-0.4, -0.2) is 41.5 Å². The first kappa shape index (κ1) is 21.0. The van der Waals surface area contributed by atoms with E-state index in [0.29, 0.717) is 17.8 Å². The number of rotatable bonds is 5. The van der Waals surface area contributed by atoms with E-state index < -0.39 is 5.97 Å². The van der Waals surface area contributed by atoms with Gasteiger partial charge in [-0.25, -0.2) is 4.79 Å². The summed E-state index contributed by atoms with van der Waals surface area (Å²) in [5, 5.41) is 3.57. The van der Waals surface area contributed by atoms with Crippen molar-refractivity contribution >= 4 is 28.5 Å². The van der Waals surface area contributed by atoms with Gasteiger partial charge in [0.1, 0.15) is 0 Å². The van der Waals surface area contributed by atoms with Crippen molar-refractivity contribution in [1.29, 1.82) is 0 Å². The maximum Gasteiger partial charge on any atom is 0.339 e. The minimum Gasteiger partial charge on any atom is -0.452 e. The van der Waals surface area contributed by atoms with Crippen molar-refractivity contribution in [2.45, 2.75) is 33.7 Å². The fourth-order valence-electron chi connectivity index (χ4n) is 4.20. The number of nitrogens with zero attached hydrogens (tertiary/aromatic N) is 2. The number of likely N-dealkylation sites (N-methyl/N-ethyl adjacent to an activating group) is 1. The summed E-state index contributed by atoms with van der Waals surface area (Å²) < 4.78 is 5.47. The molecule has 0 saturated carbocycles. The van der Waals surface area contributed by atoms with Gasteiger partial charge in [0.2, 0.25) is 0 Å². The number of hydrogen-bond donors (Lipinski definition) is 1. The van der Waals surface area contributed by atoms with Crippen LogP contribution in [0.2, 0.25) is 0 Å². The van der Waals surface area contributed by atoms with Crippen molar-refractivity contribution in [3.8, 4) is 0 Å². The van der Waals surface area contributed by atoms with Gasteiger partial charge in [-0.2, -0.15) is 0 Å². The Bertz CT molecular complexity index is 1140. The van der Waals surface area contributed by atoms with Crippen LogP contribution < -0.4 is 5.32 Å². The molecule has 6 heteroatoms. The van der Waals surface area contributed by atoms with E-state index in [1.165, 1.54) is 0 Å². The minimum atomic E-state index is -0.483. The van der Waals surface area contributed by atoms with Gasteiger partial charge in [-0.05, 0) is 49.7 Å². The molecular weight excluding hydrogens is 390 g/mol. The molecule has 0 atom stereocenters. The zero-order chi connectivity index (χ0) is 22.0. The first-order valence-corrected chi connectivity index (χ1v) is 10.6. The number of fused-ring (bicyclic) bond motifs is 2. The average Bonchev–Trinajstić information content (AvgIpc) is 2.74. The van der Waals surface area contributed by atoms with Crippen molar-refractivity contribution in [3.63, 3.8) is 0 Å². The number of aryl methyl sites for hydroxylation is 2. The van der Waals surface area contributed by atoms with Crippen molar-refractivity contribution in [2.24, 2.45) is 0 Å². The lowest BCUT2D eigenvalue weighted by Crippen LogP contribution is -2.32. The number of benzene rings is 2. The number of pyridine rings is 1. The topological polar surface area (TPSA) is 71.5 Å². The Hall–Kier alpha value is -3.25. The summed E-state index contributed by atoms with van der Waals surface area (Å²) in [6, 6.07) is 13.4. The quantitative estimate of drug-likeness (QED) is 0.635. The predicted molar refractivity (Wildman–Crippen MR) is 121 cm³/mol. The fourth-order valence-corrected chi connectivity index (χ4v) is 4.20. The van der Waals surface area contributed by atoms with E-state index in [0.717, 1.165) is 52.8 Å². The molecule has 0 unspecified atom stereocenters. The summed E-state index contributed by atoms with van der Waals surface area (Å²) in [6.45, 7) is 8.19. The van der Waals surface area contributed by atoms with Crippen molar-refractivity contribution in [1.82, 2.24) is 9.88 Å². The molecule has 1 aliphatic heterocycles. The Labute approximate surface area is 182 Å². The molecule has 0 spiro atoms. The summed E-state index contributed by atoms with van der Waals surface area (Å²) >= 11 is 0. The van der Waals surface area contributed by atoms with E-state index in [9.17, 15) is 9.59 Å². The van der Waals surface area contributed by atoms with Gasteiger partial charge >= 0.3 is 5.97 Å². The smallest absolute Gasteiger partial charge is 0.339 e. The van der Waals surface area contributed by atoms with Crippen LogP contribution in [0.15, 0.2) is 42.5 Å². The van der Waals surface area contributed by atoms with E-state index in [1.54, 1.807) is 0 Å². The standard InChI is InChI=1S/C25H27N3O3/c1-4-28-10-9-22-20(14-28)24(19-7-5-6-8-21(19)27-22)25(30)31-15-23(29)26-18-12-16(2)11-17(3)13-18/h5-8,11-13H,4,9-10,14-15H2,1-3H3,(H,26,29). The number of carbonyl (C=O) groups is 2. The van der Waals surface area contributed by atoms with Crippen molar-refractivity contribution < 1.29 is 14.3 Å². The Kier molecular flexibility index (Phi) is 6.00. The Morgan fingerprint density at radius 3 is 2.61 bits per heavy atom. The van der Waals surface area contributed by atoms with Gasteiger partial charge < -0.3 is 10.1 Å². The monoisotopic (exact) mass is 417 g/mol. The molecule has 6 nitrogen and oxygen atoms in total. The molecule has 0 radical (unpaired) electrons. The number of aromatic nitrogens is 1. The molecule has 3 aromatic rings. The van der Waals surface area contributed by atoms with Crippen LogP contribution in [0, 0.1) is 13.8 Å². The third-order valence-electron chi connectivity index (χ3n) is 5.62. The van der Waals surface area contributed by atoms with Gasteiger partial charge in [0.15, 0.2) is 6.61 Å². The number of para-hydroxylation sites is 1.